The minimum absolute atomic E-state index is 0.101. The van der Waals surface area contributed by atoms with E-state index < -0.39 is 0 Å². The zero-order valence-electron chi connectivity index (χ0n) is 12.4. The van der Waals surface area contributed by atoms with Crippen molar-refractivity contribution in [2.45, 2.75) is 51.6 Å². The van der Waals surface area contributed by atoms with Gasteiger partial charge in [0.2, 0.25) is 0 Å². The molecule has 0 radical (unpaired) electrons. The normalized spacial score (nSPS) is 23.1. The molecule has 1 aliphatic rings. The second kappa shape index (κ2) is 4.85. The van der Waals surface area contributed by atoms with Gasteiger partial charge in [0.05, 0.1) is 11.1 Å². The quantitative estimate of drug-likeness (QED) is 0.924. The first-order chi connectivity index (χ1) is 9.59. The van der Waals surface area contributed by atoms with Gasteiger partial charge in [-0.1, -0.05) is 13.0 Å². The van der Waals surface area contributed by atoms with E-state index >= 15 is 0 Å². The second-order valence-corrected chi connectivity index (χ2v) is 5.97. The molecule has 0 saturated carbocycles. The number of nitrogens with one attached hydrogen (secondary N) is 1. The monoisotopic (exact) mass is 275 g/mol. The molecule has 108 valence electrons. The first-order valence-corrected chi connectivity index (χ1v) is 7.51. The van der Waals surface area contributed by atoms with E-state index in [0.29, 0.717) is 5.52 Å². The van der Waals surface area contributed by atoms with Gasteiger partial charge in [-0.2, -0.15) is 0 Å². The van der Waals surface area contributed by atoms with Gasteiger partial charge in [-0.15, -0.1) is 0 Å². The summed E-state index contributed by atoms with van der Waals surface area (Å²) < 4.78 is 16.3. The molecule has 0 amide bonds. The Morgan fingerprint density at radius 3 is 2.85 bits per heavy atom. The summed E-state index contributed by atoms with van der Waals surface area (Å²) in [6, 6.07) is 5.49. The Morgan fingerprint density at radius 1 is 1.45 bits per heavy atom. The largest absolute Gasteiger partial charge is 0.324 e. The summed E-state index contributed by atoms with van der Waals surface area (Å²) in [5, 5.41) is 3.61. The van der Waals surface area contributed by atoms with Gasteiger partial charge >= 0.3 is 0 Å². The number of aromatic nitrogens is 2. The molecule has 0 spiro atoms. The summed E-state index contributed by atoms with van der Waals surface area (Å²) >= 11 is 0. The number of hydrogen-bond donors (Lipinski definition) is 1. The van der Waals surface area contributed by atoms with E-state index in [-0.39, 0.29) is 17.4 Å². The van der Waals surface area contributed by atoms with Crippen molar-refractivity contribution in [3.63, 3.8) is 0 Å². The first-order valence-electron chi connectivity index (χ1n) is 7.51. The Labute approximate surface area is 119 Å². The van der Waals surface area contributed by atoms with Gasteiger partial charge in [0, 0.05) is 6.04 Å². The maximum atomic E-state index is 14.1. The van der Waals surface area contributed by atoms with Crippen molar-refractivity contribution >= 4 is 11.0 Å². The molecule has 1 N–H and O–H groups in total. The van der Waals surface area contributed by atoms with E-state index in [0.717, 1.165) is 37.1 Å². The molecular formula is C16H22FN3. The Morgan fingerprint density at radius 2 is 2.25 bits per heavy atom. The summed E-state index contributed by atoms with van der Waals surface area (Å²) in [7, 11) is 0. The predicted molar refractivity (Wildman–Crippen MR) is 79.3 cm³/mol. The summed E-state index contributed by atoms with van der Waals surface area (Å²) in [5.41, 5.74) is 1.30. The summed E-state index contributed by atoms with van der Waals surface area (Å²) in [6.07, 6.45) is 3.20. The highest BCUT2D eigenvalue weighted by molar-refractivity contribution is 5.77. The zero-order valence-corrected chi connectivity index (χ0v) is 12.4. The van der Waals surface area contributed by atoms with Crippen molar-refractivity contribution in [3.8, 4) is 0 Å². The van der Waals surface area contributed by atoms with Gasteiger partial charge in [-0.3, -0.25) is 0 Å². The minimum Gasteiger partial charge on any atom is -0.324 e. The van der Waals surface area contributed by atoms with Gasteiger partial charge in [-0.25, -0.2) is 9.37 Å². The highest BCUT2D eigenvalue weighted by Crippen LogP contribution is 2.37. The summed E-state index contributed by atoms with van der Waals surface area (Å²) in [4.78, 5) is 4.68. The maximum absolute atomic E-state index is 14.1. The Kier molecular flexibility index (Phi) is 3.28. The van der Waals surface area contributed by atoms with Gasteiger partial charge in [0.25, 0.3) is 0 Å². The SMILES string of the molecule is CCC1(c2nc3c(F)cccc3n2C(C)C)CCCN1. The van der Waals surface area contributed by atoms with Crippen molar-refractivity contribution in [3.05, 3.63) is 29.8 Å². The third-order valence-corrected chi connectivity index (χ3v) is 4.46. The second-order valence-electron chi connectivity index (χ2n) is 5.97. The standard InChI is InChI=1S/C16H22FN3/c1-4-16(9-6-10-18-16)15-19-14-12(17)7-5-8-13(14)20(15)11(2)3/h5,7-8,11,18H,4,6,9-10H2,1-3H3. The number of hydrogen-bond acceptors (Lipinski definition) is 2. The van der Waals surface area contributed by atoms with Crippen molar-refractivity contribution in [1.29, 1.82) is 0 Å². The Bertz CT molecular complexity index is 624. The maximum Gasteiger partial charge on any atom is 0.151 e. The van der Waals surface area contributed by atoms with Crippen LogP contribution in [0.2, 0.25) is 0 Å². The molecule has 1 unspecified atom stereocenters. The van der Waals surface area contributed by atoms with E-state index in [4.69, 9.17) is 0 Å². The van der Waals surface area contributed by atoms with Gasteiger partial charge in [-0.05, 0) is 51.8 Å². The van der Waals surface area contributed by atoms with Crippen LogP contribution in [-0.2, 0) is 5.54 Å². The minimum atomic E-state index is -0.229. The van der Waals surface area contributed by atoms with Crippen LogP contribution in [0.15, 0.2) is 18.2 Å². The molecule has 4 heteroatoms. The fourth-order valence-corrected chi connectivity index (χ4v) is 3.40. The molecule has 2 aromatic rings. The Balaban J connectivity index is 2.29. The summed E-state index contributed by atoms with van der Waals surface area (Å²) in [5.74, 6) is 0.764. The van der Waals surface area contributed by atoms with Crippen LogP contribution in [0.25, 0.3) is 11.0 Å². The lowest BCUT2D eigenvalue weighted by Crippen LogP contribution is -2.39. The molecule has 1 fully saturated rings. The van der Waals surface area contributed by atoms with Crippen molar-refractivity contribution in [1.82, 2.24) is 14.9 Å². The fraction of sp³-hybridized carbons (Fsp3) is 0.562. The number of nitrogens with zero attached hydrogens (tertiary/aromatic N) is 2. The van der Waals surface area contributed by atoms with E-state index in [1.165, 1.54) is 6.07 Å². The molecule has 1 aromatic carbocycles. The molecule has 1 aromatic heterocycles. The number of rotatable bonds is 3. The van der Waals surface area contributed by atoms with Crippen molar-refractivity contribution in [2.75, 3.05) is 6.54 Å². The Hall–Kier alpha value is -1.42. The number of para-hydroxylation sites is 1. The molecular weight excluding hydrogens is 253 g/mol. The van der Waals surface area contributed by atoms with Crippen molar-refractivity contribution < 1.29 is 4.39 Å². The molecule has 1 saturated heterocycles. The number of imidazole rings is 1. The van der Waals surface area contributed by atoms with Crippen molar-refractivity contribution in [2.24, 2.45) is 0 Å². The van der Waals surface area contributed by atoms with Crippen LogP contribution in [0.1, 0.15) is 51.9 Å². The number of fused-ring (bicyclic) bond motifs is 1. The van der Waals surface area contributed by atoms with Crippen LogP contribution in [0, 0.1) is 5.82 Å². The lowest BCUT2D eigenvalue weighted by Gasteiger charge is -2.29. The molecule has 20 heavy (non-hydrogen) atoms. The zero-order chi connectivity index (χ0) is 14.3. The van der Waals surface area contributed by atoms with Gasteiger partial charge in [0.15, 0.2) is 5.82 Å². The third kappa shape index (κ3) is 1.85. The van der Waals surface area contributed by atoms with Gasteiger partial charge < -0.3 is 9.88 Å². The molecule has 0 aliphatic carbocycles. The topological polar surface area (TPSA) is 29.9 Å². The third-order valence-electron chi connectivity index (χ3n) is 4.46. The highest BCUT2D eigenvalue weighted by atomic mass is 19.1. The molecule has 1 aliphatic heterocycles. The lowest BCUT2D eigenvalue weighted by atomic mass is 9.93. The van der Waals surface area contributed by atoms with E-state index in [1.54, 1.807) is 6.07 Å². The van der Waals surface area contributed by atoms with Gasteiger partial charge in [0.1, 0.15) is 11.3 Å². The average Bonchev–Trinajstić information content (AvgIpc) is 3.04. The predicted octanol–water partition coefficient (Wildman–Crippen LogP) is 3.75. The van der Waals surface area contributed by atoms with Crippen LogP contribution in [0.4, 0.5) is 4.39 Å². The molecule has 2 heterocycles. The fourth-order valence-electron chi connectivity index (χ4n) is 3.40. The molecule has 1 atom stereocenters. The number of benzene rings is 1. The van der Waals surface area contributed by atoms with Crippen LogP contribution in [-0.4, -0.2) is 16.1 Å². The van der Waals surface area contributed by atoms with Crippen LogP contribution in [0.5, 0.6) is 0 Å². The summed E-state index contributed by atoms with van der Waals surface area (Å²) in [6.45, 7) is 7.46. The van der Waals surface area contributed by atoms with Crippen LogP contribution < -0.4 is 5.32 Å². The first kappa shape index (κ1) is 13.6. The molecule has 3 rings (SSSR count). The molecule has 3 nitrogen and oxygen atoms in total. The van der Waals surface area contributed by atoms with E-state index in [2.05, 4.69) is 35.6 Å². The van der Waals surface area contributed by atoms with Crippen LogP contribution >= 0.6 is 0 Å². The molecule has 0 bridgehead atoms. The van der Waals surface area contributed by atoms with E-state index in [9.17, 15) is 4.39 Å². The smallest absolute Gasteiger partial charge is 0.151 e. The average molecular weight is 275 g/mol. The van der Waals surface area contributed by atoms with Crippen LogP contribution in [0.3, 0.4) is 0 Å². The highest BCUT2D eigenvalue weighted by Gasteiger charge is 2.38. The number of halogens is 1. The lowest BCUT2D eigenvalue weighted by molar-refractivity contribution is 0.332. The van der Waals surface area contributed by atoms with E-state index in [1.807, 2.05) is 6.07 Å².